The van der Waals surface area contributed by atoms with Gasteiger partial charge in [-0.15, -0.1) is 0 Å². The number of fused-ring (bicyclic) bond motifs is 1. The highest BCUT2D eigenvalue weighted by atomic mass is 19.1. The summed E-state index contributed by atoms with van der Waals surface area (Å²) in [6.45, 7) is 0.613. The molecule has 0 unspecified atom stereocenters. The van der Waals surface area contributed by atoms with Crippen LogP contribution in [0.15, 0.2) is 73.1 Å². The molecule has 4 aromatic rings. The van der Waals surface area contributed by atoms with Crippen molar-refractivity contribution < 1.29 is 9.13 Å². The van der Waals surface area contributed by atoms with Crippen molar-refractivity contribution in [2.45, 2.75) is 6.54 Å². The molecule has 0 aliphatic heterocycles. The average Bonchev–Trinajstić information content (AvgIpc) is 3.01. The first-order valence-electron chi connectivity index (χ1n) is 8.07. The Hall–Kier alpha value is -3.14. The van der Waals surface area contributed by atoms with Gasteiger partial charge in [-0.2, -0.15) is 0 Å². The second-order valence-corrected chi connectivity index (χ2v) is 5.91. The second kappa shape index (κ2) is 6.40. The SMILES string of the molecule is COc1ccc(-c2cn(Cc3cccc(F)c3)c3ccccc23)cn1. The van der Waals surface area contributed by atoms with Gasteiger partial charge in [0.25, 0.3) is 0 Å². The average molecular weight is 332 g/mol. The largest absolute Gasteiger partial charge is 0.481 e. The molecule has 4 heteroatoms. The molecule has 0 atom stereocenters. The summed E-state index contributed by atoms with van der Waals surface area (Å²) in [5, 5.41) is 1.14. The van der Waals surface area contributed by atoms with E-state index in [-0.39, 0.29) is 5.82 Å². The lowest BCUT2D eigenvalue weighted by molar-refractivity contribution is 0.398. The number of rotatable bonds is 4. The van der Waals surface area contributed by atoms with Gasteiger partial charge in [-0.3, -0.25) is 0 Å². The van der Waals surface area contributed by atoms with Crippen molar-refractivity contribution in [3.8, 4) is 17.0 Å². The predicted molar refractivity (Wildman–Crippen MR) is 97.2 cm³/mol. The zero-order valence-electron chi connectivity index (χ0n) is 13.8. The Balaban J connectivity index is 1.80. The van der Waals surface area contributed by atoms with Gasteiger partial charge >= 0.3 is 0 Å². The highest BCUT2D eigenvalue weighted by Crippen LogP contribution is 2.31. The maximum atomic E-state index is 13.5. The third-order valence-electron chi connectivity index (χ3n) is 4.29. The second-order valence-electron chi connectivity index (χ2n) is 5.91. The smallest absolute Gasteiger partial charge is 0.212 e. The summed E-state index contributed by atoms with van der Waals surface area (Å²) in [7, 11) is 1.60. The lowest BCUT2D eigenvalue weighted by atomic mass is 10.1. The number of para-hydroxylation sites is 1. The van der Waals surface area contributed by atoms with Crippen molar-refractivity contribution in [1.29, 1.82) is 0 Å². The molecule has 2 heterocycles. The lowest BCUT2D eigenvalue weighted by Crippen LogP contribution is -1.98. The summed E-state index contributed by atoms with van der Waals surface area (Å²) in [4.78, 5) is 4.30. The molecule has 2 aromatic heterocycles. The van der Waals surface area contributed by atoms with Crippen molar-refractivity contribution in [2.75, 3.05) is 7.11 Å². The third-order valence-corrected chi connectivity index (χ3v) is 4.29. The number of aromatic nitrogens is 2. The number of hydrogen-bond donors (Lipinski definition) is 0. The van der Waals surface area contributed by atoms with E-state index >= 15 is 0 Å². The van der Waals surface area contributed by atoms with Crippen LogP contribution in [-0.4, -0.2) is 16.7 Å². The van der Waals surface area contributed by atoms with Gasteiger partial charge in [0.15, 0.2) is 0 Å². The summed E-state index contributed by atoms with van der Waals surface area (Å²) in [6.07, 6.45) is 3.91. The van der Waals surface area contributed by atoms with Crippen molar-refractivity contribution in [2.24, 2.45) is 0 Å². The third kappa shape index (κ3) is 2.98. The van der Waals surface area contributed by atoms with Crippen LogP contribution in [0.4, 0.5) is 4.39 Å². The number of nitrogens with zero attached hydrogens (tertiary/aromatic N) is 2. The Morgan fingerprint density at radius 3 is 2.68 bits per heavy atom. The van der Waals surface area contributed by atoms with Gasteiger partial charge in [-0.25, -0.2) is 9.37 Å². The Kier molecular flexibility index (Phi) is 3.94. The van der Waals surface area contributed by atoms with E-state index in [1.165, 1.54) is 6.07 Å². The van der Waals surface area contributed by atoms with E-state index in [2.05, 4.69) is 27.9 Å². The van der Waals surface area contributed by atoms with E-state index in [4.69, 9.17) is 4.74 Å². The molecule has 0 fully saturated rings. The van der Waals surface area contributed by atoms with Crippen LogP contribution in [-0.2, 0) is 6.54 Å². The topological polar surface area (TPSA) is 27.1 Å². The first-order chi connectivity index (χ1) is 12.2. The monoisotopic (exact) mass is 332 g/mol. The molecule has 0 saturated heterocycles. The van der Waals surface area contributed by atoms with Crippen LogP contribution >= 0.6 is 0 Å². The quantitative estimate of drug-likeness (QED) is 0.531. The molecular formula is C21H17FN2O. The van der Waals surface area contributed by atoms with Crippen molar-refractivity contribution in [3.05, 3.63) is 84.4 Å². The van der Waals surface area contributed by atoms with E-state index in [1.807, 2.05) is 36.5 Å². The minimum absolute atomic E-state index is 0.214. The van der Waals surface area contributed by atoms with Gasteiger partial charge in [0, 0.05) is 47.0 Å². The molecule has 4 rings (SSSR count). The summed E-state index contributed by atoms with van der Waals surface area (Å²) in [6, 6.07) is 18.8. The fourth-order valence-electron chi connectivity index (χ4n) is 3.10. The van der Waals surface area contributed by atoms with Crippen molar-refractivity contribution >= 4 is 10.9 Å². The number of methoxy groups -OCH3 is 1. The molecule has 3 nitrogen and oxygen atoms in total. The molecule has 0 bridgehead atoms. The van der Waals surface area contributed by atoms with Gasteiger partial charge in [-0.05, 0) is 29.8 Å². The first-order valence-corrected chi connectivity index (χ1v) is 8.07. The van der Waals surface area contributed by atoms with Crippen LogP contribution in [0.25, 0.3) is 22.0 Å². The molecule has 2 aromatic carbocycles. The van der Waals surface area contributed by atoms with Gasteiger partial charge in [0.1, 0.15) is 5.82 Å². The Bertz CT molecular complexity index is 1020. The molecule has 0 aliphatic rings. The van der Waals surface area contributed by atoms with Gasteiger partial charge in [0.2, 0.25) is 5.88 Å². The Labute approximate surface area is 145 Å². The molecule has 124 valence electrons. The van der Waals surface area contributed by atoms with Crippen LogP contribution in [0.1, 0.15) is 5.56 Å². The molecule has 0 saturated carbocycles. The summed E-state index contributed by atoms with van der Waals surface area (Å²) >= 11 is 0. The van der Waals surface area contributed by atoms with E-state index in [9.17, 15) is 4.39 Å². The Morgan fingerprint density at radius 1 is 1.04 bits per heavy atom. The highest BCUT2D eigenvalue weighted by Gasteiger charge is 2.11. The molecule has 25 heavy (non-hydrogen) atoms. The van der Waals surface area contributed by atoms with Crippen LogP contribution in [0.3, 0.4) is 0 Å². The molecule has 0 amide bonds. The van der Waals surface area contributed by atoms with Gasteiger partial charge in [0.05, 0.1) is 7.11 Å². The number of hydrogen-bond acceptors (Lipinski definition) is 2. The summed E-state index contributed by atoms with van der Waals surface area (Å²) in [5.74, 6) is 0.376. The molecule has 0 spiro atoms. The number of pyridine rings is 1. The standard InChI is InChI=1S/C21H17FN2O/c1-25-21-10-9-16(12-23-21)19-14-24(20-8-3-2-7-18(19)20)13-15-5-4-6-17(22)11-15/h2-12,14H,13H2,1H3. The maximum absolute atomic E-state index is 13.5. The van der Waals surface area contributed by atoms with Crippen LogP contribution in [0.5, 0.6) is 5.88 Å². The van der Waals surface area contributed by atoms with Crippen LogP contribution in [0.2, 0.25) is 0 Å². The molecule has 0 N–H and O–H groups in total. The zero-order chi connectivity index (χ0) is 17.2. The maximum Gasteiger partial charge on any atom is 0.212 e. The predicted octanol–water partition coefficient (Wildman–Crippen LogP) is 4.90. The highest BCUT2D eigenvalue weighted by molar-refractivity contribution is 5.96. The van der Waals surface area contributed by atoms with Crippen molar-refractivity contribution in [1.82, 2.24) is 9.55 Å². The fourth-order valence-corrected chi connectivity index (χ4v) is 3.10. The Morgan fingerprint density at radius 2 is 1.92 bits per heavy atom. The van der Waals surface area contributed by atoms with E-state index in [0.717, 1.165) is 27.6 Å². The zero-order valence-corrected chi connectivity index (χ0v) is 13.8. The van der Waals surface area contributed by atoms with E-state index in [0.29, 0.717) is 12.4 Å². The minimum Gasteiger partial charge on any atom is -0.481 e. The minimum atomic E-state index is -0.214. The van der Waals surface area contributed by atoms with Crippen LogP contribution < -0.4 is 4.74 Å². The van der Waals surface area contributed by atoms with Crippen molar-refractivity contribution in [3.63, 3.8) is 0 Å². The molecule has 0 radical (unpaired) electrons. The summed E-state index contributed by atoms with van der Waals surface area (Å²) in [5.41, 5.74) is 4.16. The summed E-state index contributed by atoms with van der Waals surface area (Å²) < 4.78 is 20.8. The van der Waals surface area contributed by atoms with Crippen LogP contribution in [0, 0.1) is 5.82 Å². The first kappa shape index (κ1) is 15.4. The van der Waals surface area contributed by atoms with Gasteiger partial charge in [-0.1, -0.05) is 30.3 Å². The molecular weight excluding hydrogens is 315 g/mol. The molecule has 0 aliphatic carbocycles. The number of benzene rings is 2. The fraction of sp³-hybridized carbons (Fsp3) is 0.0952. The van der Waals surface area contributed by atoms with E-state index < -0.39 is 0 Å². The lowest BCUT2D eigenvalue weighted by Gasteiger charge is -2.05. The number of ether oxygens (including phenoxy) is 1. The van der Waals surface area contributed by atoms with Gasteiger partial charge < -0.3 is 9.30 Å². The number of halogens is 1. The normalized spacial score (nSPS) is 11.0. The van der Waals surface area contributed by atoms with E-state index in [1.54, 1.807) is 19.2 Å².